The van der Waals surface area contributed by atoms with Gasteiger partial charge in [0.05, 0.1) is 33.5 Å². The Kier molecular flexibility index (Phi) is 10.7. The van der Waals surface area contributed by atoms with Gasteiger partial charge in [-0.3, -0.25) is 0 Å². The third-order valence-corrected chi connectivity index (χ3v) is 7.45. The molecule has 1 fully saturated rings. The quantitative estimate of drug-likeness (QED) is 0.232. The maximum Gasteiger partial charge on any atom is 0.118 e. The first kappa shape index (κ1) is 29.9. The topological polar surface area (TPSA) is 86.6 Å². The fraction of sp³-hybridized carbons (Fsp3) is 0.314. The van der Waals surface area contributed by atoms with Crippen molar-refractivity contribution in [2.75, 3.05) is 7.11 Å². The summed E-state index contributed by atoms with van der Waals surface area (Å²) in [4.78, 5) is 0. The Bertz CT molecular complexity index is 1320. The number of hydrogen-bond acceptors (Lipinski definition) is 7. The smallest absolute Gasteiger partial charge is 0.118 e. The van der Waals surface area contributed by atoms with Crippen LogP contribution in [0.4, 0.5) is 0 Å². The summed E-state index contributed by atoms with van der Waals surface area (Å²) in [6, 6.07) is 36.8. The molecule has 0 aromatic heterocycles. The summed E-state index contributed by atoms with van der Waals surface area (Å²) in [5.74, 6) is 0.748. The van der Waals surface area contributed by atoms with E-state index in [4.69, 9.17) is 23.7 Å². The lowest BCUT2D eigenvalue weighted by molar-refractivity contribution is -0.273. The van der Waals surface area contributed by atoms with Gasteiger partial charge in [0.2, 0.25) is 0 Å². The highest BCUT2D eigenvalue weighted by Crippen LogP contribution is 2.33. The van der Waals surface area contributed by atoms with Crippen molar-refractivity contribution in [1.82, 2.24) is 0 Å². The minimum Gasteiger partial charge on any atom is -0.497 e. The van der Waals surface area contributed by atoms with E-state index in [1.165, 1.54) is 0 Å². The van der Waals surface area contributed by atoms with E-state index in [-0.39, 0.29) is 26.4 Å². The highest BCUT2D eigenvalue weighted by molar-refractivity contribution is 5.27. The summed E-state index contributed by atoms with van der Waals surface area (Å²) in [6.45, 7) is 0.979. The molecule has 6 atom stereocenters. The largest absolute Gasteiger partial charge is 0.497 e. The fourth-order valence-corrected chi connectivity index (χ4v) is 5.13. The van der Waals surface area contributed by atoms with Gasteiger partial charge in [0.25, 0.3) is 0 Å². The Morgan fingerprint density at radius 2 is 0.738 bits per heavy atom. The number of methoxy groups -OCH3 is 1. The average Bonchev–Trinajstić information content (AvgIpc) is 3.05. The van der Waals surface area contributed by atoms with Crippen molar-refractivity contribution in [1.29, 1.82) is 0 Å². The van der Waals surface area contributed by atoms with E-state index in [0.29, 0.717) is 0 Å². The zero-order valence-corrected chi connectivity index (χ0v) is 23.7. The van der Waals surface area contributed by atoms with Crippen LogP contribution in [0.25, 0.3) is 0 Å². The van der Waals surface area contributed by atoms with Crippen LogP contribution in [0, 0.1) is 0 Å². The van der Waals surface area contributed by atoms with Gasteiger partial charge in [0.15, 0.2) is 0 Å². The highest BCUT2D eigenvalue weighted by Gasteiger charge is 2.52. The monoisotopic (exact) mass is 570 g/mol. The molecule has 0 spiro atoms. The molecule has 6 unspecified atom stereocenters. The Morgan fingerprint density at radius 1 is 0.429 bits per heavy atom. The fourth-order valence-electron chi connectivity index (χ4n) is 5.13. The van der Waals surface area contributed by atoms with Crippen molar-refractivity contribution in [2.45, 2.75) is 63.1 Å². The summed E-state index contributed by atoms with van der Waals surface area (Å²) in [7, 11) is 1.62. The molecule has 4 aromatic rings. The van der Waals surface area contributed by atoms with Gasteiger partial charge in [-0.1, -0.05) is 103 Å². The van der Waals surface area contributed by atoms with Crippen molar-refractivity contribution >= 4 is 0 Å². The Labute approximate surface area is 247 Å². The first-order valence-electron chi connectivity index (χ1n) is 14.2. The highest BCUT2D eigenvalue weighted by atomic mass is 16.6. The second-order valence-electron chi connectivity index (χ2n) is 10.4. The van der Waals surface area contributed by atoms with Gasteiger partial charge in [0, 0.05) is 0 Å². The van der Waals surface area contributed by atoms with Crippen LogP contribution in [-0.4, -0.2) is 53.9 Å². The van der Waals surface area contributed by atoms with Crippen LogP contribution in [0.1, 0.15) is 22.3 Å². The number of aliphatic hydroxyl groups excluding tert-OH is 2. The predicted molar refractivity (Wildman–Crippen MR) is 159 cm³/mol. The van der Waals surface area contributed by atoms with Crippen molar-refractivity contribution < 1.29 is 33.9 Å². The summed E-state index contributed by atoms with van der Waals surface area (Å²) < 4.78 is 30.9. The van der Waals surface area contributed by atoms with Gasteiger partial charge in [0.1, 0.15) is 42.4 Å². The second-order valence-corrected chi connectivity index (χ2v) is 10.4. The lowest BCUT2D eigenvalue weighted by Crippen LogP contribution is -2.66. The van der Waals surface area contributed by atoms with Gasteiger partial charge in [-0.25, -0.2) is 0 Å². The van der Waals surface area contributed by atoms with Gasteiger partial charge < -0.3 is 33.9 Å². The maximum absolute atomic E-state index is 11.4. The van der Waals surface area contributed by atoms with Gasteiger partial charge in [-0.15, -0.1) is 0 Å². The van der Waals surface area contributed by atoms with Gasteiger partial charge in [-0.2, -0.15) is 0 Å². The van der Waals surface area contributed by atoms with Crippen LogP contribution in [0.5, 0.6) is 5.75 Å². The zero-order valence-electron chi connectivity index (χ0n) is 23.7. The maximum atomic E-state index is 11.4. The van der Waals surface area contributed by atoms with Crippen LogP contribution >= 0.6 is 0 Å². The summed E-state index contributed by atoms with van der Waals surface area (Å²) in [5.41, 5.74) is 3.77. The first-order valence-corrected chi connectivity index (χ1v) is 14.2. The molecule has 0 heterocycles. The molecule has 0 aliphatic heterocycles. The molecular formula is C35H38O7. The van der Waals surface area contributed by atoms with Crippen LogP contribution in [0.2, 0.25) is 0 Å². The Hall–Kier alpha value is -3.56. The van der Waals surface area contributed by atoms with E-state index < -0.39 is 36.6 Å². The molecule has 42 heavy (non-hydrogen) atoms. The number of benzene rings is 4. The van der Waals surface area contributed by atoms with Crippen molar-refractivity contribution in [2.24, 2.45) is 0 Å². The van der Waals surface area contributed by atoms with E-state index >= 15 is 0 Å². The van der Waals surface area contributed by atoms with Gasteiger partial charge in [-0.05, 0) is 34.4 Å². The third-order valence-electron chi connectivity index (χ3n) is 7.45. The van der Waals surface area contributed by atoms with Gasteiger partial charge >= 0.3 is 0 Å². The lowest BCUT2D eigenvalue weighted by Gasteiger charge is -2.47. The molecule has 1 aliphatic carbocycles. The van der Waals surface area contributed by atoms with Crippen LogP contribution < -0.4 is 4.74 Å². The zero-order chi connectivity index (χ0) is 29.1. The number of aliphatic hydroxyl groups is 2. The SMILES string of the molecule is COc1ccc(COC2C(OCc3ccccc3)C(O)C(O)C(OCc3ccccc3)C2OCc2ccccc2)cc1. The van der Waals surface area contributed by atoms with E-state index in [0.717, 1.165) is 28.0 Å². The normalized spacial score (nSPS) is 23.9. The van der Waals surface area contributed by atoms with E-state index in [1.807, 2.05) is 115 Å². The molecule has 0 amide bonds. The lowest BCUT2D eigenvalue weighted by atomic mass is 9.84. The Morgan fingerprint density at radius 3 is 1.07 bits per heavy atom. The molecule has 7 heteroatoms. The van der Waals surface area contributed by atoms with Crippen molar-refractivity contribution in [3.63, 3.8) is 0 Å². The van der Waals surface area contributed by atoms with E-state index in [2.05, 4.69) is 0 Å². The van der Waals surface area contributed by atoms with Crippen molar-refractivity contribution in [3.05, 3.63) is 138 Å². The van der Waals surface area contributed by atoms with E-state index in [1.54, 1.807) is 7.11 Å². The predicted octanol–water partition coefficient (Wildman–Crippen LogP) is 5.07. The van der Waals surface area contributed by atoms with E-state index in [9.17, 15) is 10.2 Å². The molecule has 1 aliphatic rings. The summed E-state index contributed by atoms with van der Waals surface area (Å²) in [6.07, 6.45) is -5.79. The number of hydrogen-bond donors (Lipinski definition) is 2. The molecular weight excluding hydrogens is 532 g/mol. The third kappa shape index (κ3) is 7.83. The molecule has 0 saturated heterocycles. The molecule has 4 aromatic carbocycles. The van der Waals surface area contributed by atoms with Crippen LogP contribution in [0.3, 0.4) is 0 Å². The minimum atomic E-state index is -1.27. The molecule has 5 rings (SSSR count). The average molecular weight is 571 g/mol. The number of rotatable bonds is 13. The molecule has 1 saturated carbocycles. The Balaban J connectivity index is 1.42. The van der Waals surface area contributed by atoms with Crippen LogP contribution in [0.15, 0.2) is 115 Å². The number of ether oxygens (including phenoxy) is 5. The summed E-state index contributed by atoms with van der Waals surface area (Å²) >= 11 is 0. The minimum absolute atomic E-state index is 0.235. The molecule has 2 N–H and O–H groups in total. The standard InChI is InChI=1S/C35H38O7/c1-38-29-19-17-28(18-20-29)24-42-35-33(40-22-26-13-7-3-8-14-26)31(37)30(36)32(39-21-25-11-5-2-6-12-25)34(35)41-23-27-15-9-4-10-16-27/h2-20,30-37H,21-24H2,1H3. The van der Waals surface area contributed by atoms with Crippen LogP contribution in [-0.2, 0) is 45.4 Å². The van der Waals surface area contributed by atoms with Crippen molar-refractivity contribution in [3.8, 4) is 5.75 Å². The molecule has 0 bridgehead atoms. The molecule has 0 radical (unpaired) electrons. The first-order chi connectivity index (χ1) is 20.6. The molecule has 220 valence electrons. The molecule has 7 nitrogen and oxygen atoms in total. The summed E-state index contributed by atoms with van der Waals surface area (Å²) in [5, 5.41) is 22.8. The second kappa shape index (κ2) is 15.1.